The molecule has 0 saturated carbocycles. The van der Waals surface area contributed by atoms with Gasteiger partial charge in [0.05, 0.1) is 22.2 Å². The van der Waals surface area contributed by atoms with Crippen molar-refractivity contribution in [3.8, 4) is 39.5 Å². The Morgan fingerprint density at radius 3 is 2.10 bits per heavy atom. The van der Waals surface area contributed by atoms with Gasteiger partial charge in [0.25, 0.3) is 0 Å². The molecule has 0 amide bonds. The second kappa shape index (κ2) is 9.49. The maximum absolute atomic E-state index is 10.6. The minimum atomic E-state index is -0.151. The van der Waals surface area contributed by atoms with Crippen molar-refractivity contribution in [3.05, 3.63) is 127 Å². The van der Waals surface area contributed by atoms with E-state index in [-0.39, 0.29) is 11.2 Å². The molecule has 200 valence electrons. The van der Waals surface area contributed by atoms with Crippen LogP contribution in [0.3, 0.4) is 0 Å². The van der Waals surface area contributed by atoms with Gasteiger partial charge >= 0.3 is 0 Å². The molecule has 0 saturated heterocycles. The molecule has 41 heavy (non-hydrogen) atoms. The van der Waals surface area contributed by atoms with Crippen molar-refractivity contribution in [3.63, 3.8) is 0 Å². The lowest BCUT2D eigenvalue weighted by molar-refractivity contribution is 0.477. The van der Waals surface area contributed by atoms with Crippen LogP contribution >= 0.6 is 0 Å². The molecule has 0 atom stereocenters. The number of rotatable bonds is 4. The number of imidazole rings is 1. The molecule has 0 aliphatic carbocycles. The zero-order valence-electron chi connectivity index (χ0n) is 23.3. The van der Waals surface area contributed by atoms with Crippen LogP contribution in [0.2, 0.25) is 0 Å². The predicted molar refractivity (Wildman–Crippen MR) is 167 cm³/mol. The Morgan fingerprint density at radius 1 is 0.634 bits per heavy atom. The molecule has 0 aliphatic heterocycles. The van der Waals surface area contributed by atoms with Crippen LogP contribution in [0.1, 0.15) is 26.6 Å². The number of hydrogen-bond donors (Lipinski definition) is 1. The quantitative estimate of drug-likeness (QED) is 0.246. The minimum absolute atomic E-state index is 0.151. The van der Waals surface area contributed by atoms with Gasteiger partial charge in [0.1, 0.15) is 17.3 Å². The van der Waals surface area contributed by atoms with Crippen molar-refractivity contribution < 1.29 is 5.11 Å². The summed E-state index contributed by atoms with van der Waals surface area (Å²) in [5, 5.41) is 16.6. The normalized spacial score (nSPS) is 11.9. The first kappa shape index (κ1) is 24.9. The SMILES string of the molecule is CC(C)(C)c1nc2c(-c3cccc(-n4nc(-c5ccccc5O)c5ccccc54)c3)cccc2n1-c1ccccc1. The van der Waals surface area contributed by atoms with Gasteiger partial charge in [0, 0.05) is 27.6 Å². The summed E-state index contributed by atoms with van der Waals surface area (Å²) in [5.41, 5.74) is 8.52. The fourth-order valence-corrected chi connectivity index (χ4v) is 5.61. The van der Waals surface area contributed by atoms with Gasteiger partial charge in [-0.3, -0.25) is 4.57 Å². The highest BCUT2D eigenvalue weighted by atomic mass is 16.3. The maximum atomic E-state index is 10.6. The molecule has 5 heteroatoms. The lowest BCUT2D eigenvalue weighted by Crippen LogP contribution is -2.18. The number of para-hydroxylation sites is 4. The van der Waals surface area contributed by atoms with E-state index in [4.69, 9.17) is 10.1 Å². The second-order valence-corrected chi connectivity index (χ2v) is 11.4. The van der Waals surface area contributed by atoms with Gasteiger partial charge in [-0.05, 0) is 54.1 Å². The van der Waals surface area contributed by atoms with Crippen molar-refractivity contribution in [1.29, 1.82) is 0 Å². The fraction of sp³-hybridized carbons (Fsp3) is 0.111. The van der Waals surface area contributed by atoms with Crippen LogP contribution in [0.25, 0.3) is 55.7 Å². The minimum Gasteiger partial charge on any atom is -0.507 e. The first-order chi connectivity index (χ1) is 19.9. The average Bonchev–Trinajstić information content (AvgIpc) is 3.58. The van der Waals surface area contributed by atoms with Gasteiger partial charge in [-0.15, -0.1) is 0 Å². The molecule has 0 spiro atoms. The van der Waals surface area contributed by atoms with Crippen LogP contribution in [-0.4, -0.2) is 24.4 Å². The molecule has 7 aromatic rings. The molecule has 5 aromatic carbocycles. The number of aromatic nitrogens is 4. The highest BCUT2D eigenvalue weighted by Gasteiger charge is 2.25. The van der Waals surface area contributed by atoms with Gasteiger partial charge in [0.15, 0.2) is 0 Å². The summed E-state index contributed by atoms with van der Waals surface area (Å²) in [5.74, 6) is 1.24. The Balaban J connectivity index is 1.42. The summed E-state index contributed by atoms with van der Waals surface area (Å²) in [7, 11) is 0. The number of fused-ring (bicyclic) bond motifs is 2. The molecule has 1 N–H and O–H groups in total. The topological polar surface area (TPSA) is 55.9 Å². The van der Waals surface area contributed by atoms with Crippen molar-refractivity contribution in [2.24, 2.45) is 0 Å². The summed E-state index contributed by atoms with van der Waals surface area (Å²) >= 11 is 0. The number of benzene rings is 5. The van der Waals surface area contributed by atoms with Crippen molar-refractivity contribution in [2.75, 3.05) is 0 Å². The van der Waals surface area contributed by atoms with Gasteiger partial charge in [-0.1, -0.05) is 93.6 Å². The van der Waals surface area contributed by atoms with E-state index in [1.165, 1.54) is 0 Å². The molecule has 2 aromatic heterocycles. The smallest absolute Gasteiger partial charge is 0.125 e. The van der Waals surface area contributed by atoms with E-state index in [9.17, 15) is 5.11 Å². The Kier molecular flexibility index (Phi) is 5.75. The van der Waals surface area contributed by atoms with Gasteiger partial charge in [-0.25, -0.2) is 9.67 Å². The van der Waals surface area contributed by atoms with Gasteiger partial charge in [-0.2, -0.15) is 5.10 Å². The Bertz CT molecular complexity index is 2040. The highest BCUT2D eigenvalue weighted by molar-refractivity contribution is 5.96. The van der Waals surface area contributed by atoms with Gasteiger partial charge < -0.3 is 5.11 Å². The number of aromatic hydroxyl groups is 1. The number of phenols is 1. The molecular weight excluding hydrogens is 504 g/mol. The molecule has 0 aliphatic rings. The number of nitrogens with zero attached hydrogens (tertiary/aromatic N) is 4. The third-order valence-electron chi connectivity index (χ3n) is 7.52. The Labute approximate surface area is 239 Å². The van der Waals surface area contributed by atoms with Crippen molar-refractivity contribution >= 4 is 21.9 Å². The molecule has 0 fully saturated rings. The standard InChI is InChI=1S/C36H30N4O/c1-36(2,3)35-37-34-27(19-12-21-31(34)39(35)25-14-5-4-6-15-25)24-13-11-16-26(23-24)40-30-20-9-7-17-28(30)33(38-40)29-18-8-10-22-32(29)41/h4-23,41H,1-3H3. The first-order valence-corrected chi connectivity index (χ1v) is 13.8. The zero-order chi connectivity index (χ0) is 28.1. The van der Waals surface area contributed by atoms with Crippen molar-refractivity contribution in [2.45, 2.75) is 26.2 Å². The molecular formula is C36H30N4O. The number of hydrogen-bond acceptors (Lipinski definition) is 3. The van der Waals surface area contributed by atoms with Gasteiger partial charge in [0.2, 0.25) is 0 Å². The molecule has 0 radical (unpaired) electrons. The summed E-state index contributed by atoms with van der Waals surface area (Å²) in [6.07, 6.45) is 0. The van der Waals surface area contributed by atoms with Crippen LogP contribution in [0, 0.1) is 0 Å². The highest BCUT2D eigenvalue weighted by Crippen LogP contribution is 2.37. The van der Waals surface area contributed by atoms with E-state index >= 15 is 0 Å². The largest absolute Gasteiger partial charge is 0.507 e. The monoisotopic (exact) mass is 534 g/mol. The van der Waals surface area contributed by atoms with Crippen LogP contribution < -0.4 is 0 Å². The van der Waals surface area contributed by atoms with E-state index in [1.54, 1.807) is 6.07 Å². The molecule has 0 unspecified atom stereocenters. The summed E-state index contributed by atoms with van der Waals surface area (Å²) in [6.45, 7) is 6.62. The lowest BCUT2D eigenvalue weighted by Gasteiger charge is -2.20. The Morgan fingerprint density at radius 2 is 1.29 bits per heavy atom. The van der Waals surface area contributed by atoms with E-state index in [0.29, 0.717) is 5.56 Å². The zero-order valence-corrected chi connectivity index (χ0v) is 23.3. The van der Waals surface area contributed by atoms with Crippen molar-refractivity contribution in [1.82, 2.24) is 19.3 Å². The van der Waals surface area contributed by atoms with E-state index in [1.807, 2.05) is 41.1 Å². The maximum Gasteiger partial charge on any atom is 0.125 e. The van der Waals surface area contributed by atoms with E-state index in [0.717, 1.165) is 56.0 Å². The molecule has 5 nitrogen and oxygen atoms in total. The number of phenolic OH excluding ortho intramolecular Hbond substituents is 1. The van der Waals surface area contributed by atoms with Crippen LogP contribution in [0.15, 0.2) is 121 Å². The first-order valence-electron chi connectivity index (χ1n) is 13.8. The molecule has 0 bridgehead atoms. The third kappa shape index (κ3) is 4.18. The molecule has 7 rings (SSSR count). The summed E-state index contributed by atoms with van der Waals surface area (Å²) in [6, 6.07) is 40.8. The fourth-order valence-electron chi connectivity index (χ4n) is 5.61. The predicted octanol–water partition coefficient (Wildman–Crippen LogP) is 8.70. The Hall–Kier alpha value is -5.16. The van der Waals surface area contributed by atoms with Crippen LogP contribution in [0.4, 0.5) is 0 Å². The van der Waals surface area contributed by atoms with E-state index in [2.05, 4.69) is 104 Å². The van der Waals surface area contributed by atoms with Crippen LogP contribution in [-0.2, 0) is 5.41 Å². The lowest BCUT2D eigenvalue weighted by atomic mass is 9.95. The third-order valence-corrected chi connectivity index (χ3v) is 7.52. The van der Waals surface area contributed by atoms with Crippen LogP contribution in [0.5, 0.6) is 5.75 Å². The summed E-state index contributed by atoms with van der Waals surface area (Å²) < 4.78 is 4.24. The van der Waals surface area contributed by atoms with E-state index < -0.39 is 0 Å². The average molecular weight is 535 g/mol. The molecule has 2 heterocycles. The second-order valence-electron chi connectivity index (χ2n) is 11.4. The summed E-state index contributed by atoms with van der Waals surface area (Å²) in [4.78, 5) is 5.26.